The first-order valence-corrected chi connectivity index (χ1v) is 6.58. The Hall–Kier alpha value is -0.770. The van der Waals surface area contributed by atoms with Crippen molar-refractivity contribution < 1.29 is 9.53 Å². The first-order valence-electron chi connectivity index (χ1n) is 6.58. The molecule has 17 heavy (non-hydrogen) atoms. The van der Waals surface area contributed by atoms with E-state index in [1.807, 2.05) is 20.8 Å². The van der Waals surface area contributed by atoms with Crippen molar-refractivity contribution in [2.75, 3.05) is 13.1 Å². The summed E-state index contributed by atoms with van der Waals surface area (Å²) in [4.78, 5) is 13.8. The predicted octanol–water partition coefficient (Wildman–Crippen LogP) is 1.98. The maximum absolute atomic E-state index is 12.0. The number of rotatable bonds is 1. The minimum absolute atomic E-state index is 0.113. The Kier molecular flexibility index (Phi) is 3.34. The lowest BCUT2D eigenvalue weighted by molar-refractivity contribution is 0.0132. The SMILES string of the molecule is CC(C)(C)OC(=O)N1CC(N)CC(C2CC2)C1. The lowest BCUT2D eigenvalue weighted by Gasteiger charge is -2.37. The Morgan fingerprint density at radius 1 is 1.24 bits per heavy atom. The summed E-state index contributed by atoms with van der Waals surface area (Å²) in [7, 11) is 0. The topological polar surface area (TPSA) is 55.6 Å². The van der Waals surface area contributed by atoms with Crippen LogP contribution in [0.15, 0.2) is 0 Å². The second-order valence-corrected chi connectivity index (χ2v) is 6.48. The third kappa shape index (κ3) is 3.60. The maximum Gasteiger partial charge on any atom is 0.410 e. The normalized spacial score (nSPS) is 30.2. The summed E-state index contributed by atoms with van der Waals surface area (Å²) >= 11 is 0. The van der Waals surface area contributed by atoms with Gasteiger partial charge < -0.3 is 15.4 Å². The summed E-state index contributed by atoms with van der Waals surface area (Å²) < 4.78 is 5.41. The molecule has 98 valence electrons. The van der Waals surface area contributed by atoms with E-state index < -0.39 is 5.60 Å². The molecule has 0 bridgehead atoms. The Morgan fingerprint density at radius 2 is 1.88 bits per heavy atom. The number of amides is 1. The summed E-state index contributed by atoms with van der Waals surface area (Å²) in [6.07, 6.45) is 3.46. The number of hydrogen-bond donors (Lipinski definition) is 1. The molecule has 2 unspecified atom stereocenters. The highest BCUT2D eigenvalue weighted by Gasteiger charge is 2.38. The number of carbonyl (C=O) groups excluding carboxylic acids is 1. The molecule has 2 atom stereocenters. The zero-order valence-electron chi connectivity index (χ0n) is 11.1. The van der Waals surface area contributed by atoms with Crippen molar-refractivity contribution in [3.8, 4) is 0 Å². The van der Waals surface area contributed by atoms with Gasteiger partial charge >= 0.3 is 6.09 Å². The van der Waals surface area contributed by atoms with E-state index in [4.69, 9.17) is 10.5 Å². The molecule has 2 aliphatic rings. The number of nitrogens with zero attached hydrogens (tertiary/aromatic N) is 1. The molecule has 0 aromatic rings. The fourth-order valence-electron chi connectivity index (χ4n) is 2.56. The van der Waals surface area contributed by atoms with Crippen LogP contribution in [0.4, 0.5) is 4.79 Å². The zero-order valence-corrected chi connectivity index (χ0v) is 11.1. The highest BCUT2D eigenvalue weighted by Crippen LogP contribution is 2.40. The maximum atomic E-state index is 12.0. The van der Waals surface area contributed by atoms with E-state index >= 15 is 0 Å². The van der Waals surface area contributed by atoms with Gasteiger partial charge in [-0.05, 0) is 51.9 Å². The molecule has 1 heterocycles. The number of ether oxygens (including phenoxy) is 1. The van der Waals surface area contributed by atoms with Gasteiger partial charge in [0.1, 0.15) is 5.60 Å². The van der Waals surface area contributed by atoms with Gasteiger partial charge in [-0.2, -0.15) is 0 Å². The molecule has 1 saturated heterocycles. The van der Waals surface area contributed by atoms with Gasteiger partial charge in [0.05, 0.1) is 0 Å². The minimum atomic E-state index is -0.423. The third-order valence-corrected chi connectivity index (χ3v) is 3.46. The molecule has 1 saturated carbocycles. The monoisotopic (exact) mass is 240 g/mol. The van der Waals surface area contributed by atoms with Gasteiger partial charge in [-0.25, -0.2) is 4.79 Å². The van der Waals surface area contributed by atoms with Gasteiger partial charge in [0, 0.05) is 19.1 Å². The van der Waals surface area contributed by atoms with Gasteiger partial charge in [-0.3, -0.25) is 0 Å². The molecule has 0 radical (unpaired) electrons. The standard InChI is InChI=1S/C13H24N2O2/c1-13(2,3)17-12(16)15-7-10(9-4-5-9)6-11(14)8-15/h9-11H,4-8,14H2,1-3H3. The van der Waals surface area contributed by atoms with E-state index in [1.54, 1.807) is 4.90 Å². The van der Waals surface area contributed by atoms with Crippen molar-refractivity contribution in [3.05, 3.63) is 0 Å². The van der Waals surface area contributed by atoms with Crippen molar-refractivity contribution in [3.63, 3.8) is 0 Å². The van der Waals surface area contributed by atoms with E-state index in [9.17, 15) is 4.79 Å². The smallest absolute Gasteiger partial charge is 0.410 e. The molecule has 0 aromatic carbocycles. The molecule has 1 aliphatic carbocycles. The molecule has 2 fully saturated rings. The molecular weight excluding hydrogens is 216 g/mol. The fraction of sp³-hybridized carbons (Fsp3) is 0.923. The minimum Gasteiger partial charge on any atom is -0.444 e. The van der Waals surface area contributed by atoms with Crippen LogP contribution in [0.2, 0.25) is 0 Å². The first kappa shape index (κ1) is 12.7. The quantitative estimate of drug-likeness (QED) is 0.762. The lowest BCUT2D eigenvalue weighted by Crippen LogP contribution is -2.51. The van der Waals surface area contributed by atoms with E-state index in [1.165, 1.54) is 12.8 Å². The molecule has 4 nitrogen and oxygen atoms in total. The van der Waals surface area contributed by atoms with Crippen LogP contribution in [0.3, 0.4) is 0 Å². The van der Waals surface area contributed by atoms with Crippen LogP contribution in [-0.2, 0) is 4.74 Å². The number of nitrogens with two attached hydrogens (primary N) is 1. The van der Waals surface area contributed by atoms with E-state index in [2.05, 4.69) is 0 Å². The van der Waals surface area contributed by atoms with Crippen molar-refractivity contribution in [2.45, 2.75) is 51.7 Å². The largest absolute Gasteiger partial charge is 0.444 e. The number of piperidine rings is 1. The van der Waals surface area contributed by atoms with Gasteiger partial charge in [0.15, 0.2) is 0 Å². The van der Waals surface area contributed by atoms with Crippen molar-refractivity contribution in [2.24, 2.45) is 17.6 Å². The average Bonchev–Trinajstić information content (AvgIpc) is 2.96. The van der Waals surface area contributed by atoms with Crippen LogP contribution in [0, 0.1) is 11.8 Å². The molecule has 1 aliphatic heterocycles. The highest BCUT2D eigenvalue weighted by molar-refractivity contribution is 5.68. The second-order valence-electron chi connectivity index (χ2n) is 6.48. The van der Waals surface area contributed by atoms with Crippen LogP contribution in [0.1, 0.15) is 40.0 Å². The number of likely N-dealkylation sites (tertiary alicyclic amines) is 1. The molecular formula is C13H24N2O2. The van der Waals surface area contributed by atoms with Gasteiger partial charge in [0.2, 0.25) is 0 Å². The zero-order chi connectivity index (χ0) is 12.6. The van der Waals surface area contributed by atoms with Crippen molar-refractivity contribution in [1.29, 1.82) is 0 Å². The summed E-state index contributed by atoms with van der Waals surface area (Å²) in [5.74, 6) is 1.39. The van der Waals surface area contributed by atoms with Gasteiger partial charge in [-0.15, -0.1) is 0 Å². The predicted molar refractivity (Wildman–Crippen MR) is 66.6 cm³/mol. The van der Waals surface area contributed by atoms with Crippen molar-refractivity contribution in [1.82, 2.24) is 4.90 Å². The fourth-order valence-corrected chi connectivity index (χ4v) is 2.56. The summed E-state index contributed by atoms with van der Waals surface area (Å²) in [5.41, 5.74) is 5.61. The molecule has 4 heteroatoms. The third-order valence-electron chi connectivity index (χ3n) is 3.46. The molecule has 2 rings (SSSR count). The van der Waals surface area contributed by atoms with Crippen molar-refractivity contribution >= 4 is 6.09 Å². The molecule has 0 aromatic heterocycles. The summed E-state index contributed by atoms with van der Waals surface area (Å²) in [5, 5.41) is 0. The summed E-state index contributed by atoms with van der Waals surface area (Å²) in [6.45, 7) is 7.15. The molecule has 1 amide bonds. The van der Waals surface area contributed by atoms with E-state index in [-0.39, 0.29) is 12.1 Å². The Morgan fingerprint density at radius 3 is 2.41 bits per heavy atom. The summed E-state index contributed by atoms with van der Waals surface area (Å²) in [6, 6.07) is 0.113. The van der Waals surface area contributed by atoms with Gasteiger partial charge in [-0.1, -0.05) is 0 Å². The highest BCUT2D eigenvalue weighted by atomic mass is 16.6. The van der Waals surface area contributed by atoms with Gasteiger partial charge in [0.25, 0.3) is 0 Å². The van der Waals surface area contributed by atoms with E-state index in [0.717, 1.165) is 18.9 Å². The molecule has 0 spiro atoms. The van der Waals surface area contributed by atoms with Crippen LogP contribution in [0.5, 0.6) is 0 Å². The molecule has 2 N–H and O–H groups in total. The Bertz CT molecular complexity index is 294. The first-order chi connectivity index (χ1) is 7.85. The van der Waals surface area contributed by atoms with E-state index in [0.29, 0.717) is 12.5 Å². The number of hydrogen-bond acceptors (Lipinski definition) is 3. The number of carbonyl (C=O) groups is 1. The van der Waals surface area contributed by atoms with Crippen LogP contribution >= 0.6 is 0 Å². The average molecular weight is 240 g/mol. The van der Waals surface area contributed by atoms with Crippen LogP contribution in [0.25, 0.3) is 0 Å². The lowest BCUT2D eigenvalue weighted by atomic mass is 9.91. The Labute approximate surface area is 103 Å². The van der Waals surface area contributed by atoms with Crippen LogP contribution < -0.4 is 5.73 Å². The Balaban J connectivity index is 1.92. The van der Waals surface area contributed by atoms with Crippen LogP contribution in [-0.4, -0.2) is 35.7 Å². The second kappa shape index (κ2) is 4.48.